The van der Waals surface area contributed by atoms with Crippen molar-refractivity contribution < 1.29 is 28.6 Å². The monoisotopic (exact) mass is 435 g/mol. The SMILES string of the molecule is C[C@@H](Oc1ccc(CNC(=O)c2cccnc2Oc2cccc(C#N)c2)c(F)c1)C(=O)O. The van der Waals surface area contributed by atoms with E-state index in [2.05, 4.69) is 10.3 Å². The zero-order valence-corrected chi connectivity index (χ0v) is 16.9. The van der Waals surface area contributed by atoms with Crippen LogP contribution in [0.15, 0.2) is 60.8 Å². The molecule has 0 spiro atoms. The lowest BCUT2D eigenvalue weighted by molar-refractivity contribution is -0.144. The molecule has 8 nitrogen and oxygen atoms in total. The first-order valence-electron chi connectivity index (χ1n) is 9.46. The summed E-state index contributed by atoms with van der Waals surface area (Å²) in [5.41, 5.74) is 0.706. The van der Waals surface area contributed by atoms with Crippen LogP contribution in [0.25, 0.3) is 0 Å². The van der Waals surface area contributed by atoms with Crippen molar-refractivity contribution in [1.82, 2.24) is 10.3 Å². The van der Waals surface area contributed by atoms with Crippen molar-refractivity contribution in [2.45, 2.75) is 19.6 Å². The van der Waals surface area contributed by atoms with Crippen molar-refractivity contribution in [3.05, 3.63) is 83.3 Å². The van der Waals surface area contributed by atoms with E-state index in [1.807, 2.05) is 6.07 Å². The summed E-state index contributed by atoms with van der Waals surface area (Å²) in [6, 6.07) is 15.3. The van der Waals surface area contributed by atoms with Crippen molar-refractivity contribution in [2.24, 2.45) is 0 Å². The predicted octanol–water partition coefficient (Wildman–Crippen LogP) is 3.67. The summed E-state index contributed by atoms with van der Waals surface area (Å²) < 4.78 is 25.1. The molecular formula is C23H18FN3O5. The molecule has 0 fully saturated rings. The summed E-state index contributed by atoms with van der Waals surface area (Å²) in [6.07, 6.45) is 0.328. The van der Waals surface area contributed by atoms with Crippen LogP contribution in [-0.2, 0) is 11.3 Å². The van der Waals surface area contributed by atoms with Crippen LogP contribution in [0.2, 0.25) is 0 Å². The van der Waals surface area contributed by atoms with Crippen LogP contribution in [0, 0.1) is 17.1 Å². The lowest BCUT2D eigenvalue weighted by Gasteiger charge is -2.13. The molecule has 0 saturated heterocycles. The number of nitrogens with one attached hydrogen (secondary N) is 1. The highest BCUT2D eigenvalue weighted by atomic mass is 19.1. The van der Waals surface area contributed by atoms with Crippen LogP contribution < -0.4 is 14.8 Å². The van der Waals surface area contributed by atoms with E-state index >= 15 is 0 Å². The number of halogens is 1. The first kappa shape index (κ1) is 22.2. The van der Waals surface area contributed by atoms with Gasteiger partial charge in [-0.25, -0.2) is 14.2 Å². The fourth-order valence-electron chi connectivity index (χ4n) is 2.66. The fourth-order valence-corrected chi connectivity index (χ4v) is 2.66. The van der Waals surface area contributed by atoms with Gasteiger partial charge in [0.2, 0.25) is 5.88 Å². The number of hydrogen-bond acceptors (Lipinski definition) is 6. The molecule has 0 aliphatic rings. The van der Waals surface area contributed by atoms with Gasteiger partial charge in [0.05, 0.1) is 11.6 Å². The number of hydrogen-bond donors (Lipinski definition) is 2. The van der Waals surface area contributed by atoms with E-state index in [9.17, 15) is 14.0 Å². The Morgan fingerprint density at radius 2 is 2.00 bits per heavy atom. The number of amides is 1. The minimum Gasteiger partial charge on any atom is -0.479 e. The van der Waals surface area contributed by atoms with Gasteiger partial charge in [0.15, 0.2) is 6.10 Å². The number of carboxylic acid groups (broad SMARTS) is 1. The number of pyridine rings is 1. The first-order chi connectivity index (χ1) is 15.4. The molecular weight excluding hydrogens is 417 g/mol. The van der Waals surface area contributed by atoms with Crippen LogP contribution in [0.3, 0.4) is 0 Å². The minimum absolute atomic E-state index is 0.0342. The number of benzene rings is 2. The number of carboxylic acids is 1. The number of ether oxygens (including phenoxy) is 2. The number of carbonyl (C=O) groups excluding carboxylic acids is 1. The van der Waals surface area contributed by atoms with Crippen molar-refractivity contribution in [1.29, 1.82) is 5.26 Å². The molecule has 1 heterocycles. The van der Waals surface area contributed by atoms with E-state index in [1.54, 1.807) is 24.3 Å². The summed E-state index contributed by atoms with van der Waals surface area (Å²) in [4.78, 5) is 27.6. The minimum atomic E-state index is -1.17. The van der Waals surface area contributed by atoms with E-state index < -0.39 is 23.8 Å². The lowest BCUT2D eigenvalue weighted by Crippen LogP contribution is -2.24. The molecule has 2 aromatic carbocycles. The van der Waals surface area contributed by atoms with Crippen LogP contribution in [0.1, 0.15) is 28.4 Å². The van der Waals surface area contributed by atoms with Gasteiger partial charge in [-0.15, -0.1) is 0 Å². The Kier molecular flexibility index (Phi) is 6.98. The molecule has 2 N–H and O–H groups in total. The second kappa shape index (κ2) is 10.0. The summed E-state index contributed by atoms with van der Waals surface area (Å²) in [5, 5.41) is 20.5. The topological polar surface area (TPSA) is 122 Å². The summed E-state index contributed by atoms with van der Waals surface area (Å²) >= 11 is 0. The number of rotatable bonds is 8. The maximum absolute atomic E-state index is 14.4. The quantitative estimate of drug-likeness (QED) is 0.554. The first-order valence-corrected chi connectivity index (χ1v) is 9.46. The molecule has 162 valence electrons. The van der Waals surface area contributed by atoms with E-state index in [1.165, 1.54) is 37.4 Å². The Labute approximate surface area is 182 Å². The third kappa shape index (κ3) is 5.58. The van der Waals surface area contributed by atoms with Gasteiger partial charge < -0.3 is 19.9 Å². The summed E-state index contributed by atoms with van der Waals surface area (Å²) in [5.74, 6) is -1.92. The molecule has 9 heteroatoms. The smallest absolute Gasteiger partial charge is 0.344 e. The number of nitriles is 1. The zero-order chi connectivity index (χ0) is 23.1. The second-order valence-electron chi connectivity index (χ2n) is 6.63. The van der Waals surface area contributed by atoms with Gasteiger partial charge >= 0.3 is 5.97 Å². The highest BCUT2D eigenvalue weighted by molar-refractivity contribution is 5.96. The number of aromatic nitrogens is 1. The van der Waals surface area contributed by atoms with Gasteiger partial charge in [0.1, 0.15) is 22.9 Å². The molecule has 1 aromatic heterocycles. The predicted molar refractivity (Wildman–Crippen MR) is 111 cm³/mol. The van der Waals surface area contributed by atoms with Crippen molar-refractivity contribution >= 4 is 11.9 Å². The normalized spacial score (nSPS) is 11.2. The molecule has 0 aliphatic carbocycles. The molecule has 1 amide bonds. The van der Waals surface area contributed by atoms with E-state index in [4.69, 9.17) is 19.8 Å². The van der Waals surface area contributed by atoms with Crippen molar-refractivity contribution in [3.8, 4) is 23.4 Å². The summed E-state index contributed by atoms with van der Waals surface area (Å²) in [6.45, 7) is 1.20. The maximum Gasteiger partial charge on any atom is 0.344 e. The van der Waals surface area contributed by atoms with Crippen molar-refractivity contribution in [2.75, 3.05) is 0 Å². The van der Waals surface area contributed by atoms with E-state index in [-0.39, 0.29) is 29.3 Å². The second-order valence-corrected chi connectivity index (χ2v) is 6.63. The van der Waals surface area contributed by atoms with Gasteiger partial charge in [-0.3, -0.25) is 4.79 Å². The zero-order valence-electron chi connectivity index (χ0n) is 16.9. The number of aliphatic carboxylic acids is 1. The molecule has 32 heavy (non-hydrogen) atoms. The van der Waals surface area contributed by atoms with Gasteiger partial charge in [-0.2, -0.15) is 5.26 Å². The molecule has 0 unspecified atom stereocenters. The van der Waals surface area contributed by atoms with Gasteiger partial charge in [0.25, 0.3) is 5.91 Å². The largest absolute Gasteiger partial charge is 0.479 e. The maximum atomic E-state index is 14.4. The Balaban J connectivity index is 1.69. The highest BCUT2D eigenvalue weighted by Crippen LogP contribution is 2.24. The molecule has 0 saturated carbocycles. The van der Waals surface area contributed by atoms with Gasteiger partial charge in [0, 0.05) is 24.4 Å². The number of carbonyl (C=O) groups is 2. The third-order valence-electron chi connectivity index (χ3n) is 4.32. The van der Waals surface area contributed by atoms with Crippen LogP contribution >= 0.6 is 0 Å². The highest BCUT2D eigenvalue weighted by Gasteiger charge is 2.16. The molecule has 3 rings (SSSR count). The summed E-state index contributed by atoms with van der Waals surface area (Å²) in [7, 11) is 0. The standard InChI is InChI=1S/C23H18FN3O5/c1-14(23(29)30)31-18-8-7-16(20(24)11-18)13-27-21(28)19-6-3-9-26-22(19)32-17-5-2-4-15(10-17)12-25/h2-11,14H,13H2,1H3,(H,27,28)(H,29,30)/t14-/m1/s1. The van der Waals surface area contributed by atoms with Gasteiger partial charge in [-0.05, 0) is 43.3 Å². The Bertz CT molecular complexity index is 1190. The Hall–Kier alpha value is -4.45. The average molecular weight is 435 g/mol. The molecule has 1 atom stereocenters. The lowest BCUT2D eigenvalue weighted by atomic mass is 10.2. The van der Waals surface area contributed by atoms with E-state index in [0.717, 1.165) is 6.07 Å². The molecule has 0 bridgehead atoms. The number of nitrogens with zero attached hydrogens (tertiary/aromatic N) is 2. The fraction of sp³-hybridized carbons (Fsp3) is 0.130. The van der Waals surface area contributed by atoms with E-state index in [0.29, 0.717) is 11.3 Å². The Morgan fingerprint density at radius 1 is 1.19 bits per heavy atom. The van der Waals surface area contributed by atoms with Crippen LogP contribution in [0.5, 0.6) is 17.4 Å². The average Bonchev–Trinajstić information content (AvgIpc) is 2.78. The molecule has 0 aliphatic heterocycles. The van der Waals surface area contributed by atoms with Crippen LogP contribution in [0.4, 0.5) is 4.39 Å². The Morgan fingerprint density at radius 3 is 2.72 bits per heavy atom. The van der Waals surface area contributed by atoms with Crippen LogP contribution in [-0.4, -0.2) is 28.1 Å². The third-order valence-corrected chi connectivity index (χ3v) is 4.32. The van der Waals surface area contributed by atoms with Crippen molar-refractivity contribution in [3.63, 3.8) is 0 Å². The molecule has 0 radical (unpaired) electrons. The van der Waals surface area contributed by atoms with Gasteiger partial charge in [-0.1, -0.05) is 12.1 Å². The molecule has 3 aromatic rings.